The van der Waals surface area contributed by atoms with Gasteiger partial charge in [-0.1, -0.05) is 36.4 Å². The van der Waals surface area contributed by atoms with Crippen molar-refractivity contribution in [3.05, 3.63) is 63.2 Å². The van der Waals surface area contributed by atoms with Gasteiger partial charge < -0.3 is 4.90 Å². The standard InChI is InChI=1S/C20H21ClN2O3S/c1-2-16-7-3-4-11-22(16)20(24)14-9-10-19(18(12-14)23(25)26)27-17-8-5-6-15(21)13-17/h5-6,8-10,12-13,16H,2-4,7,11H2,1H3/t16-/m1/s1. The molecule has 0 radical (unpaired) electrons. The maximum Gasteiger partial charge on any atom is 0.284 e. The number of rotatable bonds is 5. The summed E-state index contributed by atoms with van der Waals surface area (Å²) in [4.78, 5) is 27.3. The molecule has 1 aliphatic rings. The van der Waals surface area contributed by atoms with Gasteiger partial charge in [0, 0.05) is 34.1 Å². The molecule has 0 aliphatic carbocycles. The van der Waals surface area contributed by atoms with Crippen LogP contribution in [0.5, 0.6) is 0 Å². The zero-order valence-corrected chi connectivity index (χ0v) is 16.6. The highest BCUT2D eigenvalue weighted by atomic mass is 35.5. The molecule has 0 bridgehead atoms. The van der Waals surface area contributed by atoms with E-state index in [0.29, 0.717) is 22.0 Å². The Balaban J connectivity index is 1.89. The molecule has 0 unspecified atom stereocenters. The molecule has 5 nitrogen and oxygen atoms in total. The van der Waals surface area contributed by atoms with Crippen LogP contribution >= 0.6 is 23.4 Å². The van der Waals surface area contributed by atoms with Crippen LogP contribution in [0, 0.1) is 10.1 Å². The normalized spacial score (nSPS) is 17.0. The molecular formula is C20H21ClN2O3S. The van der Waals surface area contributed by atoms with Crippen LogP contribution in [0.15, 0.2) is 52.3 Å². The average molecular weight is 405 g/mol. The lowest BCUT2D eigenvalue weighted by molar-refractivity contribution is -0.387. The molecule has 1 heterocycles. The minimum Gasteiger partial charge on any atom is -0.336 e. The van der Waals surface area contributed by atoms with Crippen molar-refractivity contribution in [2.24, 2.45) is 0 Å². The fourth-order valence-corrected chi connectivity index (χ4v) is 4.61. The molecule has 27 heavy (non-hydrogen) atoms. The summed E-state index contributed by atoms with van der Waals surface area (Å²) in [5.41, 5.74) is 0.313. The molecule has 3 rings (SSSR count). The van der Waals surface area contributed by atoms with E-state index >= 15 is 0 Å². The van der Waals surface area contributed by atoms with Crippen LogP contribution in [-0.4, -0.2) is 28.3 Å². The second kappa shape index (κ2) is 8.76. The van der Waals surface area contributed by atoms with E-state index < -0.39 is 4.92 Å². The molecule has 0 aromatic heterocycles. The molecule has 0 N–H and O–H groups in total. The molecule has 1 saturated heterocycles. The number of nitrogens with zero attached hydrogens (tertiary/aromatic N) is 2. The van der Waals surface area contributed by atoms with Crippen LogP contribution in [0.25, 0.3) is 0 Å². The number of carbonyl (C=O) groups excluding carboxylic acids is 1. The number of carbonyl (C=O) groups is 1. The maximum absolute atomic E-state index is 12.9. The zero-order chi connectivity index (χ0) is 19.4. The zero-order valence-electron chi connectivity index (χ0n) is 15.1. The van der Waals surface area contributed by atoms with Gasteiger partial charge in [-0.05, 0) is 56.0 Å². The summed E-state index contributed by atoms with van der Waals surface area (Å²) in [5, 5.41) is 12.2. The first-order valence-corrected chi connectivity index (χ1v) is 10.2. The smallest absolute Gasteiger partial charge is 0.284 e. The predicted octanol–water partition coefficient (Wildman–Crippen LogP) is 5.80. The molecule has 2 aromatic rings. The number of nitro benzene ring substituents is 1. The van der Waals surface area contributed by atoms with Crippen LogP contribution < -0.4 is 0 Å². The lowest BCUT2D eigenvalue weighted by atomic mass is 9.99. The van der Waals surface area contributed by atoms with E-state index in [1.165, 1.54) is 17.8 Å². The summed E-state index contributed by atoms with van der Waals surface area (Å²) in [7, 11) is 0. The molecule has 2 aromatic carbocycles. The molecule has 1 atom stereocenters. The molecule has 1 fully saturated rings. The SMILES string of the molecule is CC[C@@H]1CCCCN1C(=O)c1ccc(Sc2cccc(Cl)c2)c([N+](=O)[O-])c1. The van der Waals surface area contributed by atoms with Crippen molar-refractivity contribution < 1.29 is 9.72 Å². The van der Waals surface area contributed by atoms with Crippen molar-refractivity contribution in [3.8, 4) is 0 Å². The van der Waals surface area contributed by atoms with E-state index in [1.807, 2.05) is 11.0 Å². The maximum atomic E-state index is 12.9. The summed E-state index contributed by atoms with van der Waals surface area (Å²) in [6, 6.07) is 12.1. The Hall–Kier alpha value is -2.05. The summed E-state index contributed by atoms with van der Waals surface area (Å²) in [6.45, 7) is 2.79. The van der Waals surface area contributed by atoms with Crippen molar-refractivity contribution >= 4 is 35.0 Å². The van der Waals surface area contributed by atoms with Crippen molar-refractivity contribution in [1.82, 2.24) is 4.90 Å². The topological polar surface area (TPSA) is 63.5 Å². The number of benzene rings is 2. The average Bonchev–Trinajstić information content (AvgIpc) is 2.67. The van der Waals surface area contributed by atoms with Gasteiger partial charge in [0.25, 0.3) is 11.6 Å². The Bertz CT molecular complexity index is 859. The number of halogens is 1. The molecule has 142 valence electrons. The minimum atomic E-state index is -0.433. The third kappa shape index (κ3) is 4.62. The number of nitro groups is 1. The van der Waals surface area contributed by atoms with Gasteiger partial charge >= 0.3 is 0 Å². The van der Waals surface area contributed by atoms with Crippen molar-refractivity contribution in [3.63, 3.8) is 0 Å². The first kappa shape index (κ1) is 19.7. The van der Waals surface area contributed by atoms with Crippen LogP contribution in [0.2, 0.25) is 5.02 Å². The van der Waals surface area contributed by atoms with E-state index in [-0.39, 0.29) is 17.6 Å². The van der Waals surface area contributed by atoms with Crippen LogP contribution in [0.3, 0.4) is 0 Å². The van der Waals surface area contributed by atoms with Gasteiger partial charge in [0.15, 0.2) is 0 Å². The number of likely N-dealkylation sites (tertiary alicyclic amines) is 1. The van der Waals surface area contributed by atoms with E-state index in [1.54, 1.807) is 30.3 Å². The van der Waals surface area contributed by atoms with Crippen LogP contribution in [0.4, 0.5) is 5.69 Å². The van der Waals surface area contributed by atoms with Gasteiger partial charge in [-0.3, -0.25) is 14.9 Å². The highest BCUT2D eigenvalue weighted by Crippen LogP contribution is 2.36. The highest BCUT2D eigenvalue weighted by molar-refractivity contribution is 7.99. The Morgan fingerprint density at radius 1 is 1.30 bits per heavy atom. The molecule has 1 aliphatic heterocycles. The first-order valence-electron chi connectivity index (χ1n) is 9.02. The van der Waals surface area contributed by atoms with Crippen molar-refractivity contribution in [1.29, 1.82) is 0 Å². The quantitative estimate of drug-likeness (QED) is 0.466. The van der Waals surface area contributed by atoms with Gasteiger partial charge in [0.05, 0.1) is 9.82 Å². The Labute approximate surface area is 167 Å². The van der Waals surface area contributed by atoms with Crippen molar-refractivity contribution in [2.75, 3.05) is 6.54 Å². The Morgan fingerprint density at radius 2 is 2.11 bits per heavy atom. The monoisotopic (exact) mass is 404 g/mol. The third-order valence-electron chi connectivity index (χ3n) is 4.79. The molecule has 7 heteroatoms. The number of hydrogen-bond acceptors (Lipinski definition) is 4. The van der Waals surface area contributed by atoms with E-state index in [9.17, 15) is 14.9 Å². The number of amides is 1. The number of piperidine rings is 1. The largest absolute Gasteiger partial charge is 0.336 e. The van der Waals surface area contributed by atoms with Crippen LogP contribution in [0.1, 0.15) is 43.0 Å². The Morgan fingerprint density at radius 3 is 2.81 bits per heavy atom. The van der Waals surface area contributed by atoms with Gasteiger partial charge in [-0.15, -0.1) is 0 Å². The van der Waals surface area contributed by atoms with Gasteiger partial charge in [0.1, 0.15) is 0 Å². The fraction of sp³-hybridized carbons (Fsp3) is 0.350. The summed E-state index contributed by atoms with van der Waals surface area (Å²) >= 11 is 7.26. The predicted molar refractivity (Wildman–Crippen MR) is 108 cm³/mol. The van der Waals surface area contributed by atoms with Gasteiger partial charge in [0.2, 0.25) is 0 Å². The summed E-state index contributed by atoms with van der Waals surface area (Å²) in [6.07, 6.45) is 3.99. The lowest BCUT2D eigenvalue weighted by Crippen LogP contribution is -2.43. The number of hydrogen-bond donors (Lipinski definition) is 0. The molecule has 0 saturated carbocycles. The Kier molecular flexibility index (Phi) is 6.39. The fourth-order valence-electron chi connectivity index (χ4n) is 3.40. The van der Waals surface area contributed by atoms with Crippen LogP contribution in [-0.2, 0) is 0 Å². The van der Waals surface area contributed by atoms with Crippen molar-refractivity contribution in [2.45, 2.75) is 48.4 Å². The highest BCUT2D eigenvalue weighted by Gasteiger charge is 2.28. The third-order valence-corrected chi connectivity index (χ3v) is 6.08. The van der Waals surface area contributed by atoms with Gasteiger partial charge in [-0.25, -0.2) is 0 Å². The summed E-state index contributed by atoms with van der Waals surface area (Å²) < 4.78 is 0. The first-order chi connectivity index (χ1) is 13.0. The van der Waals surface area contributed by atoms with Gasteiger partial charge in [-0.2, -0.15) is 0 Å². The van der Waals surface area contributed by atoms with E-state index in [4.69, 9.17) is 11.6 Å². The molecule has 1 amide bonds. The van der Waals surface area contributed by atoms with E-state index in [2.05, 4.69) is 6.92 Å². The van der Waals surface area contributed by atoms with E-state index in [0.717, 1.165) is 30.6 Å². The second-order valence-electron chi connectivity index (χ2n) is 6.56. The lowest BCUT2D eigenvalue weighted by Gasteiger charge is -2.35. The second-order valence-corrected chi connectivity index (χ2v) is 8.11. The molecule has 0 spiro atoms. The summed E-state index contributed by atoms with van der Waals surface area (Å²) in [5.74, 6) is -0.121. The minimum absolute atomic E-state index is 0.0594. The molecular weight excluding hydrogens is 384 g/mol.